The SMILES string of the molecule is Cc1nc(C)c([C@H](O)C(=O)OC(C)C)c(N2CCC3(CC2)CC3)c1Br. The molecule has 3 rings (SSSR count). The molecule has 1 saturated carbocycles. The second kappa shape index (κ2) is 6.88. The molecule has 1 aromatic rings. The molecule has 25 heavy (non-hydrogen) atoms. The lowest BCUT2D eigenvalue weighted by molar-refractivity contribution is -0.157. The Labute approximate surface area is 157 Å². The van der Waals surface area contributed by atoms with E-state index in [1.807, 2.05) is 13.8 Å². The lowest BCUT2D eigenvalue weighted by Crippen LogP contribution is -2.36. The predicted octanol–water partition coefficient (Wildman–Crippen LogP) is 3.83. The average molecular weight is 411 g/mol. The van der Waals surface area contributed by atoms with Crippen LogP contribution < -0.4 is 4.90 Å². The number of hydrogen-bond donors (Lipinski definition) is 1. The van der Waals surface area contributed by atoms with Gasteiger partial charge in [-0.2, -0.15) is 0 Å². The zero-order valence-corrected chi connectivity index (χ0v) is 17.0. The van der Waals surface area contributed by atoms with Crippen molar-refractivity contribution in [2.24, 2.45) is 5.41 Å². The van der Waals surface area contributed by atoms with Crippen LogP contribution in [0.5, 0.6) is 0 Å². The van der Waals surface area contributed by atoms with E-state index in [0.29, 0.717) is 16.7 Å². The van der Waals surface area contributed by atoms with Gasteiger partial charge in [-0.15, -0.1) is 0 Å². The third-order valence-electron chi connectivity index (χ3n) is 5.45. The highest BCUT2D eigenvalue weighted by atomic mass is 79.9. The third-order valence-corrected chi connectivity index (χ3v) is 6.40. The van der Waals surface area contributed by atoms with Gasteiger partial charge in [0.2, 0.25) is 0 Å². The Hall–Kier alpha value is -1.14. The molecule has 138 valence electrons. The number of esters is 1. The molecular weight excluding hydrogens is 384 g/mol. The summed E-state index contributed by atoms with van der Waals surface area (Å²) >= 11 is 3.65. The van der Waals surface area contributed by atoms with Crippen molar-refractivity contribution in [2.45, 2.75) is 65.6 Å². The van der Waals surface area contributed by atoms with E-state index >= 15 is 0 Å². The van der Waals surface area contributed by atoms with E-state index in [2.05, 4.69) is 25.8 Å². The van der Waals surface area contributed by atoms with Crippen molar-refractivity contribution in [3.05, 3.63) is 21.4 Å². The minimum Gasteiger partial charge on any atom is -0.461 e. The fourth-order valence-corrected chi connectivity index (χ4v) is 4.31. The maximum Gasteiger partial charge on any atom is 0.340 e. The van der Waals surface area contributed by atoms with Crippen molar-refractivity contribution in [1.29, 1.82) is 0 Å². The van der Waals surface area contributed by atoms with Crippen LogP contribution in [0.2, 0.25) is 0 Å². The van der Waals surface area contributed by atoms with Gasteiger partial charge in [-0.25, -0.2) is 4.79 Å². The lowest BCUT2D eigenvalue weighted by atomic mass is 9.92. The summed E-state index contributed by atoms with van der Waals surface area (Å²) in [6, 6.07) is 0. The Bertz CT molecular complexity index is 676. The molecule has 2 heterocycles. The molecule has 2 fully saturated rings. The summed E-state index contributed by atoms with van der Waals surface area (Å²) in [7, 11) is 0. The fraction of sp³-hybridized carbons (Fsp3) is 0.684. The number of ether oxygens (including phenoxy) is 1. The molecular formula is C19H27BrN2O3. The summed E-state index contributed by atoms with van der Waals surface area (Å²) in [5.41, 5.74) is 3.57. The number of aliphatic hydroxyl groups excluding tert-OH is 1. The van der Waals surface area contributed by atoms with E-state index in [0.717, 1.165) is 28.9 Å². The van der Waals surface area contributed by atoms with Crippen LogP contribution in [-0.2, 0) is 9.53 Å². The molecule has 0 unspecified atom stereocenters. The first kappa shape index (κ1) is 18.6. The van der Waals surface area contributed by atoms with Crippen LogP contribution in [0.15, 0.2) is 4.47 Å². The summed E-state index contributed by atoms with van der Waals surface area (Å²) in [5.74, 6) is -0.618. The third kappa shape index (κ3) is 3.70. The van der Waals surface area contributed by atoms with Gasteiger partial charge in [-0.05, 0) is 74.7 Å². The van der Waals surface area contributed by atoms with Crippen molar-refractivity contribution in [1.82, 2.24) is 4.98 Å². The Balaban J connectivity index is 1.96. The molecule has 6 heteroatoms. The number of pyridine rings is 1. The first-order valence-electron chi connectivity index (χ1n) is 9.04. The van der Waals surface area contributed by atoms with Gasteiger partial charge in [-0.3, -0.25) is 4.98 Å². The summed E-state index contributed by atoms with van der Waals surface area (Å²) in [6.45, 7) is 9.23. The Morgan fingerprint density at radius 2 is 1.80 bits per heavy atom. The molecule has 0 amide bonds. The van der Waals surface area contributed by atoms with Crippen LogP contribution in [-0.4, -0.2) is 35.3 Å². The molecule has 0 bridgehead atoms. The maximum atomic E-state index is 12.3. The normalized spacial score (nSPS) is 20.0. The Morgan fingerprint density at radius 1 is 1.20 bits per heavy atom. The quantitative estimate of drug-likeness (QED) is 0.764. The largest absolute Gasteiger partial charge is 0.461 e. The average Bonchev–Trinajstić information content (AvgIpc) is 3.29. The van der Waals surface area contributed by atoms with E-state index in [9.17, 15) is 9.90 Å². The van der Waals surface area contributed by atoms with Crippen molar-refractivity contribution in [3.63, 3.8) is 0 Å². The van der Waals surface area contributed by atoms with Crippen LogP contribution in [0.3, 0.4) is 0 Å². The fourth-order valence-electron chi connectivity index (χ4n) is 3.75. The van der Waals surface area contributed by atoms with E-state index in [1.54, 1.807) is 13.8 Å². The summed E-state index contributed by atoms with van der Waals surface area (Å²) in [4.78, 5) is 19.1. The van der Waals surface area contributed by atoms with Crippen molar-refractivity contribution >= 4 is 27.6 Å². The first-order valence-corrected chi connectivity index (χ1v) is 9.83. The predicted molar refractivity (Wildman–Crippen MR) is 101 cm³/mol. The number of rotatable bonds is 4. The van der Waals surface area contributed by atoms with E-state index in [-0.39, 0.29) is 6.10 Å². The first-order chi connectivity index (χ1) is 11.7. The Morgan fingerprint density at radius 3 is 2.32 bits per heavy atom. The minimum atomic E-state index is -1.32. The van der Waals surface area contributed by atoms with Crippen molar-refractivity contribution < 1.29 is 14.6 Å². The van der Waals surface area contributed by atoms with Gasteiger partial charge in [0.1, 0.15) is 0 Å². The summed E-state index contributed by atoms with van der Waals surface area (Å²) < 4.78 is 6.08. The highest BCUT2D eigenvalue weighted by Crippen LogP contribution is 2.54. The van der Waals surface area contributed by atoms with Crippen molar-refractivity contribution in [3.8, 4) is 0 Å². The molecule has 2 aliphatic rings. The lowest BCUT2D eigenvalue weighted by Gasteiger charge is -2.36. The zero-order valence-electron chi connectivity index (χ0n) is 15.4. The number of anilines is 1. The Kier molecular flexibility index (Phi) is 5.13. The second-order valence-corrected chi connectivity index (χ2v) is 8.53. The summed E-state index contributed by atoms with van der Waals surface area (Å²) in [6.07, 6.45) is 3.44. The van der Waals surface area contributed by atoms with E-state index in [4.69, 9.17) is 4.74 Å². The van der Waals surface area contributed by atoms with Crippen LogP contribution in [0, 0.1) is 19.3 Å². The van der Waals surface area contributed by atoms with Gasteiger partial charge in [0.15, 0.2) is 6.10 Å². The number of aromatic nitrogens is 1. The molecule has 5 nitrogen and oxygen atoms in total. The van der Waals surface area contributed by atoms with Gasteiger partial charge in [0, 0.05) is 24.3 Å². The smallest absolute Gasteiger partial charge is 0.340 e. The number of hydrogen-bond acceptors (Lipinski definition) is 5. The van der Waals surface area contributed by atoms with Gasteiger partial charge < -0.3 is 14.7 Å². The van der Waals surface area contributed by atoms with Gasteiger partial charge in [0.25, 0.3) is 0 Å². The molecule has 0 aromatic carbocycles. The summed E-state index contributed by atoms with van der Waals surface area (Å²) in [5, 5.41) is 10.7. The number of piperidine rings is 1. The van der Waals surface area contributed by atoms with E-state index in [1.165, 1.54) is 25.7 Å². The van der Waals surface area contributed by atoms with Crippen LogP contribution in [0.4, 0.5) is 5.69 Å². The monoisotopic (exact) mass is 410 g/mol. The molecule has 1 atom stereocenters. The topological polar surface area (TPSA) is 62.7 Å². The number of carbonyl (C=O) groups is 1. The van der Waals surface area contributed by atoms with Crippen LogP contribution in [0.1, 0.15) is 62.6 Å². The molecule has 1 aliphatic carbocycles. The van der Waals surface area contributed by atoms with Crippen molar-refractivity contribution in [2.75, 3.05) is 18.0 Å². The maximum absolute atomic E-state index is 12.3. The molecule has 1 spiro atoms. The van der Waals surface area contributed by atoms with Crippen LogP contribution in [0.25, 0.3) is 0 Å². The van der Waals surface area contributed by atoms with Crippen LogP contribution >= 0.6 is 15.9 Å². The minimum absolute atomic E-state index is 0.266. The molecule has 1 saturated heterocycles. The highest BCUT2D eigenvalue weighted by Gasteiger charge is 2.45. The number of nitrogens with zero attached hydrogens (tertiary/aromatic N) is 2. The number of aryl methyl sites for hydroxylation is 2. The van der Waals surface area contributed by atoms with Gasteiger partial charge in [0.05, 0.1) is 22.0 Å². The molecule has 1 aliphatic heterocycles. The zero-order chi connectivity index (χ0) is 18.4. The molecule has 1 aromatic heterocycles. The number of aliphatic hydroxyl groups is 1. The second-order valence-electron chi connectivity index (χ2n) is 7.73. The van der Waals surface area contributed by atoms with Gasteiger partial charge >= 0.3 is 5.97 Å². The molecule has 0 radical (unpaired) electrons. The number of halogens is 1. The highest BCUT2D eigenvalue weighted by molar-refractivity contribution is 9.10. The van der Waals surface area contributed by atoms with E-state index < -0.39 is 12.1 Å². The van der Waals surface area contributed by atoms with Gasteiger partial charge in [-0.1, -0.05) is 0 Å². The number of carbonyl (C=O) groups excluding carboxylic acids is 1. The molecule has 1 N–H and O–H groups in total. The standard InChI is InChI=1S/C19H27BrN2O3/c1-11(2)25-18(24)17(23)14-12(3)21-13(4)15(20)16(14)22-9-7-19(5-6-19)8-10-22/h11,17,23H,5-10H2,1-4H3/t17-/m0/s1.